The van der Waals surface area contributed by atoms with Crippen LogP contribution in [0.4, 0.5) is 16.0 Å². The summed E-state index contributed by atoms with van der Waals surface area (Å²) in [5, 5.41) is 6.44. The summed E-state index contributed by atoms with van der Waals surface area (Å²) in [6.07, 6.45) is 3.58. The van der Waals surface area contributed by atoms with Crippen molar-refractivity contribution in [2.24, 2.45) is 0 Å². The quantitative estimate of drug-likeness (QED) is 0.688. The molecular formula is C19H16ClFN4O. The maximum Gasteiger partial charge on any atom is 0.254 e. The molecule has 1 aromatic heterocycles. The molecule has 7 heteroatoms. The van der Waals surface area contributed by atoms with Crippen LogP contribution in [0.3, 0.4) is 0 Å². The molecule has 3 rings (SSSR count). The number of halogens is 2. The summed E-state index contributed by atoms with van der Waals surface area (Å²) in [6, 6.07) is 13.3. The maximum atomic E-state index is 12.9. The molecule has 2 aromatic carbocycles. The lowest BCUT2D eigenvalue weighted by molar-refractivity contribution is 0.0953. The van der Waals surface area contributed by atoms with E-state index in [1.807, 2.05) is 24.3 Å². The smallest absolute Gasteiger partial charge is 0.254 e. The van der Waals surface area contributed by atoms with Gasteiger partial charge in [0.2, 0.25) is 5.95 Å². The number of benzene rings is 2. The monoisotopic (exact) mass is 370 g/mol. The largest absolute Gasteiger partial charge is 0.352 e. The van der Waals surface area contributed by atoms with Gasteiger partial charge in [-0.3, -0.25) is 4.79 Å². The second-order valence-corrected chi connectivity index (χ2v) is 6.00. The Morgan fingerprint density at radius 1 is 1.00 bits per heavy atom. The predicted molar refractivity (Wildman–Crippen MR) is 99.2 cm³/mol. The fraction of sp³-hybridized carbons (Fsp3) is 0.105. The first-order valence-corrected chi connectivity index (χ1v) is 8.35. The SMILES string of the molecule is O=C(NCCc1ccc(Cl)cc1)c1cnc(Nc2ccc(F)cc2)nc1. The number of nitrogens with one attached hydrogen (secondary N) is 2. The summed E-state index contributed by atoms with van der Waals surface area (Å²) in [5.74, 6) is -0.233. The van der Waals surface area contributed by atoms with Crippen molar-refractivity contribution in [3.63, 3.8) is 0 Å². The molecule has 0 radical (unpaired) electrons. The van der Waals surface area contributed by atoms with E-state index in [0.717, 1.165) is 5.56 Å². The van der Waals surface area contributed by atoms with E-state index >= 15 is 0 Å². The molecule has 5 nitrogen and oxygen atoms in total. The van der Waals surface area contributed by atoms with Crippen molar-refractivity contribution < 1.29 is 9.18 Å². The Labute approximate surface area is 155 Å². The molecule has 0 saturated heterocycles. The van der Waals surface area contributed by atoms with E-state index < -0.39 is 0 Å². The van der Waals surface area contributed by atoms with Crippen LogP contribution in [-0.4, -0.2) is 22.4 Å². The number of nitrogens with zero attached hydrogens (tertiary/aromatic N) is 2. The van der Waals surface area contributed by atoms with Crippen molar-refractivity contribution in [1.29, 1.82) is 0 Å². The Morgan fingerprint density at radius 3 is 2.31 bits per heavy atom. The molecule has 1 amide bonds. The van der Waals surface area contributed by atoms with Gasteiger partial charge in [-0.2, -0.15) is 0 Å². The fourth-order valence-electron chi connectivity index (χ4n) is 2.25. The molecule has 0 bridgehead atoms. The molecule has 0 spiro atoms. The van der Waals surface area contributed by atoms with Crippen LogP contribution in [0.25, 0.3) is 0 Å². The predicted octanol–water partition coefficient (Wildman–Crippen LogP) is 3.99. The molecule has 0 aliphatic rings. The summed E-state index contributed by atoms with van der Waals surface area (Å²) in [4.78, 5) is 20.3. The van der Waals surface area contributed by atoms with Crippen LogP contribution in [0.5, 0.6) is 0 Å². The van der Waals surface area contributed by atoms with Gasteiger partial charge in [-0.15, -0.1) is 0 Å². The van der Waals surface area contributed by atoms with Crippen LogP contribution < -0.4 is 10.6 Å². The van der Waals surface area contributed by atoms with Gasteiger partial charge in [0.25, 0.3) is 5.91 Å². The van der Waals surface area contributed by atoms with Gasteiger partial charge in [0.15, 0.2) is 0 Å². The van der Waals surface area contributed by atoms with Gasteiger partial charge in [-0.05, 0) is 48.4 Å². The third-order valence-electron chi connectivity index (χ3n) is 3.63. The van der Waals surface area contributed by atoms with Crippen molar-refractivity contribution in [2.45, 2.75) is 6.42 Å². The second kappa shape index (κ2) is 8.40. The summed E-state index contributed by atoms with van der Waals surface area (Å²) >= 11 is 5.84. The zero-order valence-electron chi connectivity index (χ0n) is 13.7. The molecule has 0 fully saturated rings. The third kappa shape index (κ3) is 5.00. The zero-order chi connectivity index (χ0) is 18.4. The lowest BCUT2D eigenvalue weighted by atomic mass is 10.1. The minimum Gasteiger partial charge on any atom is -0.352 e. The Morgan fingerprint density at radius 2 is 1.65 bits per heavy atom. The Kier molecular flexibility index (Phi) is 5.76. The average Bonchev–Trinajstić information content (AvgIpc) is 2.66. The highest BCUT2D eigenvalue weighted by Crippen LogP contribution is 2.13. The molecule has 132 valence electrons. The van der Waals surface area contributed by atoms with Crippen molar-refractivity contribution in [3.05, 3.63) is 82.9 Å². The van der Waals surface area contributed by atoms with Crippen molar-refractivity contribution in [3.8, 4) is 0 Å². The first-order chi connectivity index (χ1) is 12.6. The van der Waals surface area contributed by atoms with Crippen LogP contribution in [0, 0.1) is 5.82 Å². The lowest BCUT2D eigenvalue weighted by Crippen LogP contribution is -2.26. The number of carbonyl (C=O) groups is 1. The van der Waals surface area contributed by atoms with Crippen molar-refractivity contribution >= 4 is 29.1 Å². The Hall–Kier alpha value is -2.99. The van der Waals surface area contributed by atoms with Gasteiger partial charge in [0.1, 0.15) is 5.82 Å². The van der Waals surface area contributed by atoms with Crippen molar-refractivity contribution in [2.75, 3.05) is 11.9 Å². The van der Waals surface area contributed by atoms with E-state index in [4.69, 9.17) is 11.6 Å². The van der Waals surface area contributed by atoms with Crippen LogP contribution in [-0.2, 0) is 6.42 Å². The maximum absolute atomic E-state index is 12.9. The summed E-state index contributed by atoms with van der Waals surface area (Å²) in [5.41, 5.74) is 2.11. The van der Waals surface area contributed by atoms with Gasteiger partial charge in [-0.25, -0.2) is 14.4 Å². The van der Waals surface area contributed by atoms with Crippen LogP contribution in [0.2, 0.25) is 5.02 Å². The average molecular weight is 371 g/mol. The standard InChI is InChI=1S/C19H16ClFN4O/c20-15-3-1-13(2-4-15)9-10-22-18(26)14-11-23-19(24-12-14)25-17-7-5-16(21)6-8-17/h1-8,11-12H,9-10H2,(H,22,26)(H,23,24,25). The minimum absolute atomic E-state index is 0.243. The van der Waals surface area contributed by atoms with Gasteiger partial charge in [0.05, 0.1) is 5.56 Å². The van der Waals surface area contributed by atoms with Gasteiger partial charge in [0, 0.05) is 29.6 Å². The molecule has 3 aromatic rings. The second-order valence-electron chi connectivity index (χ2n) is 5.56. The number of anilines is 2. The van der Waals surface area contributed by atoms with Crippen LogP contribution in [0.15, 0.2) is 60.9 Å². The lowest BCUT2D eigenvalue weighted by Gasteiger charge is -2.07. The number of rotatable bonds is 6. The highest BCUT2D eigenvalue weighted by molar-refractivity contribution is 6.30. The summed E-state index contributed by atoms with van der Waals surface area (Å²) in [7, 11) is 0. The number of hydrogen-bond acceptors (Lipinski definition) is 4. The number of carbonyl (C=O) groups excluding carboxylic acids is 1. The van der Waals surface area contributed by atoms with Gasteiger partial charge >= 0.3 is 0 Å². The van der Waals surface area contributed by atoms with E-state index in [1.165, 1.54) is 24.5 Å². The highest BCUT2D eigenvalue weighted by atomic mass is 35.5. The first-order valence-electron chi connectivity index (χ1n) is 7.97. The van der Waals surface area contributed by atoms with E-state index in [1.54, 1.807) is 12.1 Å². The van der Waals surface area contributed by atoms with Gasteiger partial charge < -0.3 is 10.6 Å². The third-order valence-corrected chi connectivity index (χ3v) is 3.88. The Bertz CT molecular complexity index is 868. The summed E-state index contributed by atoms with van der Waals surface area (Å²) < 4.78 is 12.9. The van der Waals surface area contributed by atoms with E-state index in [9.17, 15) is 9.18 Å². The molecule has 0 atom stereocenters. The minimum atomic E-state index is -0.318. The molecule has 0 saturated carbocycles. The van der Waals surface area contributed by atoms with E-state index in [-0.39, 0.29) is 11.7 Å². The molecular weight excluding hydrogens is 355 g/mol. The summed E-state index contributed by atoms with van der Waals surface area (Å²) in [6.45, 7) is 0.496. The van der Waals surface area contributed by atoms with E-state index in [0.29, 0.717) is 35.2 Å². The molecule has 2 N–H and O–H groups in total. The van der Waals surface area contributed by atoms with Crippen LogP contribution in [0.1, 0.15) is 15.9 Å². The van der Waals surface area contributed by atoms with Crippen LogP contribution >= 0.6 is 11.6 Å². The highest BCUT2D eigenvalue weighted by Gasteiger charge is 2.07. The molecule has 0 aliphatic heterocycles. The molecule has 1 heterocycles. The van der Waals surface area contributed by atoms with E-state index in [2.05, 4.69) is 20.6 Å². The number of aromatic nitrogens is 2. The number of hydrogen-bond donors (Lipinski definition) is 2. The van der Waals surface area contributed by atoms with Crippen molar-refractivity contribution in [1.82, 2.24) is 15.3 Å². The molecule has 26 heavy (non-hydrogen) atoms. The Balaban J connectivity index is 1.51. The normalized spacial score (nSPS) is 10.4. The van der Waals surface area contributed by atoms with Gasteiger partial charge in [-0.1, -0.05) is 23.7 Å². The topological polar surface area (TPSA) is 66.9 Å². The zero-order valence-corrected chi connectivity index (χ0v) is 14.5. The number of amides is 1. The molecule has 0 aliphatic carbocycles. The molecule has 0 unspecified atom stereocenters. The first kappa shape index (κ1) is 17.8. The fourth-order valence-corrected chi connectivity index (χ4v) is 2.37.